The second-order valence-electron chi connectivity index (χ2n) is 3.99. The van der Waals surface area contributed by atoms with Gasteiger partial charge in [-0.2, -0.15) is 5.10 Å². The average Bonchev–Trinajstić information content (AvgIpc) is 2.85. The summed E-state index contributed by atoms with van der Waals surface area (Å²) in [5.74, 6) is 1.07. The highest BCUT2D eigenvalue weighted by atomic mass is 32.1. The Balaban J connectivity index is 2.03. The summed E-state index contributed by atoms with van der Waals surface area (Å²) in [5.41, 5.74) is 4.16. The third-order valence-electron chi connectivity index (χ3n) is 2.54. The molecule has 0 aliphatic heterocycles. The van der Waals surface area contributed by atoms with Gasteiger partial charge >= 0.3 is 0 Å². The fraction of sp³-hybridized carbons (Fsp3) is 0.231. The third-order valence-corrected chi connectivity index (χ3v) is 3.49. The molecule has 0 spiro atoms. The molecule has 0 aliphatic carbocycles. The molecule has 0 saturated heterocycles. The van der Waals surface area contributed by atoms with Crippen molar-refractivity contribution >= 4 is 23.5 Å². The molecule has 18 heavy (non-hydrogen) atoms. The Labute approximate surface area is 109 Å². The van der Waals surface area contributed by atoms with Gasteiger partial charge in [0.25, 0.3) is 5.91 Å². The van der Waals surface area contributed by atoms with Gasteiger partial charge in [-0.25, -0.2) is 5.43 Å². The van der Waals surface area contributed by atoms with Crippen molar-refractivity contribution in [3.63, 3.8) is 0 Å². The van der Waals surface area contributed by atoms with Crippen LogP contribution in [0.5, 0.6) is 0 Å². The lowest BCUT2D eigenvalue weighted by Crippen LogP contribution is -2.17. The first-order valence-electron chi connectivity index (χ1n) is 5.52. The molecule has 94 valence electrons. The summed E-state index contributed by atoms with van der Waals surface area (Å²) >= 11 is 1.59. The van der Waals surface area contributed by atoms with E-state index in [0.717, 1.165) is 16.2 Å². The molecule has 0 fully saturated rings. The summed E-state index contributed by atoms with van der Waals surface area (Å²) in [6.45, 7) is 5.57. The molecule has 0 bridgehead atoms. The van der Waals surface area contributed by atoms with Crippen molar-refractivity contribution in [2.45, 2.75) is 20.8 Å². The number of nitrogens with one attached hydrogen (secondary N) is 1. The number of aryl methyl sites for hydroxylation is 3. The van der Waals surface area contributed by atoms with Crippen LogP contribution in [0.3, 0.4) is 0 Å². The zero-order valence-corrected chi connectivity index (χ0v) is 11.3. The molecule has 0 atom stereocenters. The summed E-state index contributed by atoms with van der Waals surface area (Å²) < 4.78 is 5.30. The lowest BCUT2D eigenvalue weighted by molar-refractivity contribution is 0.0953. The van der Waals surface area contributed by atoms with E-state index in [9.17, 15) is 4.79 Å². The number of hydrogen-bond acceptors (Lipinski definition) is 4. The Morgan fingerprint density at radius 2 is 2.22 bits per heavy atom. The number of carbonyl (C=O) groups is 1. The normalized spacial score (nSPS) is 11.1. The van der Waals surface area contributed by atoms with Crippen molar-refractivity contribution < 1.29 is 9.21 Å². The predicted molar refractivity (Wildman–Crippen MR) is 72.3 cm³/mol. The molecular formula is C13H14N2O2S. The summed E-state index contributed by atoms with van der Waals surface area (Å²) in [7, 11) is 0. The van der Waals surface area contributed by atoms with Crippen molar-refractivity contribution in [1.29, 1.82) is 0 Å². The van der Waals surface area contributed by atoms with Crippen molar-refractivity contribution in [1.82, 2.24) is 5.43 Å². The van der Waals surface area contributed by atoms with Crippen LogP contribution in [0.2, 0.25) is 0 Å². The molecule has 0 saturated carbocycles. The molecule has 0 unspecified atom stereocenters. The number of furan rings is 1. The van der Waals surface area contributed by atoms with E-state index in [1.165, 1.54) is 0 Å². The first kappa shape index (κ1) is 12.6. The summed E-state index contributed by atoms with van der Waals surface area (Å²) in [4.78, 5) is 12.8. The highest BCUT2D eigenvalue weighted by molar-refractivity contribution is 7.11. The van der Waals surface area contributed by atoms with E-state index in [1.54, 1.807) is 30.5 Å². The highest BCUT2D eigenvalue weighted by Gasteiger charge is 2.12. The maximum atomic E-state index is 11.8. The van der Waals surface area contributed by atoms with Crippen LogP contribution in [0.15, 0.2) is 27.0 Å². The van der Waals surface area contributed by atoms with E-state index in [0.29, 0.717) is 11.3 Å². The number of rotatable bonds is 3. The second kappa shape index (κ2) is 5.18. The fourth-order valence-corrected chi connectivity index (χ4v) is 2.37. The number of nitrogens with zero attached hydrogens (tertiary/aromatic N) is 1. The lowest BCUT2D eigenvalue weighted by atomic mass is 10.2. The van der Waals surface area contributed by atoms with Gasteiger partial charge in [-0.1, -0.05) is 0 Å². The molecule has 2 aromatic rings. The molecule has 1 N–H and O–H groups in total. The molecule has 5 heteroatoms. The van der Waals surface area contributed by atoms with Gasteiger partial charge in [0.1, 0.15) is 11.5 Å². The average molecular weight is 262 g/mol. The first-order valence-corrected chi connectivity index (χ1v) is 6.40. The third kappa shape index (κ3) is 2.68. The molecule has 0 aliphatic rings. The Bertz CT molecular complexity index is 596. The molecule has 2 aromatic heterocycles. The van der Waals surface area contributed by atoms with Gasteiger partial charge in [0, 0.05) is 4.88 Å². The smallest absolute Gasteiger partial charge is 0.274 e. The van der Waals surface area contributed by atoms with Crippen LogP contribution in [0.25, 0.3) is 0 Å². The molecular weight excluding hydrogens is 248 g/mol. The molecule has 4 nitrogen and oxygen atoms in total. The number of hydrogen-bond donors (Lipinski definition) is 1. The van der Waals surface area contributed by atoms with Crippen molar-refractivity contribution in [3.8, 4) is 0 Å². The van der Waals surface area contributed by atoms with Crippen molar-refractivity contribution in [2.75, 3.05) is 0 Å². The van der Waals surface area contributed by atoms with E-state index in [1.807, 2.05) is 25.3 Å². The van der Waals surface area contributed by atoms with Crippen molar-refractivity contribution in [3.05, 3.63) is 45.0 Å². The fourth-order valence-electron chi connectivity index (χ4n) is 1.58. The maximum absolute atomic E-state index is 11.8. The number of carbonyl (C=O) groups excluding carboxylic acids is 1. The number of amides is 1. The SMILES string of the molecule is Cc1cc(C(=O)N/N=C/c2sccc2C)c(C)o1. The highest BCUT2D eigenvalue weighted by Crippen LogP contribution is 2.14. The Hall–Kier alpha value is -1.88. The van der Waals surface area contributed by atoms with Crippen LogP contribution in [-0.4, -0.2) is 12.1 Å². The van der Waals surface area contributed by atoms with Gasteiger partial charge in [0.15, 0.2) is 0 Å². The van der Waals surface area contributed by atoms with Gasteiger partial charge < -0.3 is 4.42 Å². The van der Waals surface area contributed by atoms with Crippen LogP contribution in [0, 0.1) is 20.8 Å². The van der Waals surface area contributed by atoms with Crippen LogP contribution >= 0.6 is 11.3 Å². The van der Waals surface area contributed by atoms with Gasteiger partial charge in [-0.3, -0.25) is 4.79 Å². The van der Waals surface area contributed by atoms with Crippen LogP contribution in [-0.2, 0) is 0 Å². The zero-order chi connectivity index (χ0) is 13.1. The Kier molecular flexibility index (Phi) is 3.62. The largest absolute Gasteiger partial charge is 0.466 e. The molecule has 2 rings (SSSR count). The van der Waals surface area contributed by atoms with E-state index < -0.39 is 0 Å². The lowest BCUT2D eigenvalue weighted by Gasteiger charge is -1.96. The van der Waals surface area contributed by atoms with Crippen molar-refractivity contribution in [2.24, 2.45) is 5.10 Å². The van der Waals surface area contributed by atoms with Gasteiger partial charge in [-0.05, 0) is 43.8 Å². The maximum Gasteiger partial charge on any atom is 0.274 e. The number of thiophene rings is 1. The topological polar surface area (TPSA) is 54.6 Å². The number of hydrazone groups is 1. The van der Waals surface area contributed by atoms with E-state index >= 15 is 0 Å². The summed E-state index contributed by atoms with van der Waals surface area (Å²) in [6.07, 6.45) is 1.65. The van der Waals surface area contributed by atoms with E-state index in [4.69, 9.17) is 4.42 Å². The minimum absolute atomic E-state index is 0.255. The predicted octanol–water partition coefficient (Wildman–Crippen LogP) is 3.03. The molecule has 0 radical (unpaired) electrons. The van der Waals surface area contributed by atoms with Crippen LogP contribution in [0.4, 0.5) is 0 Å². The van der Waals surface area contributed by atoms with Crippen LogP contribution < -0.4 is 5.43 Å². The quantitative estimate of drug-likeness (QED) is 0.682. The van der Waals surface area contributed by atoms with E-state index in [2.05, 4.69) is 10.5 Å². The van der Waals surface area contributed by atoms with E-state index in [-0.39, 0.29) is 5.91 Å². The first-order chi connectivity index (χ1) is 8.58. The Morgan fingerprint density at radius 3 is 2.78 bits per heavy atom. The minimum Gasteiger partial charge on any atom is -0.466 e. The monoisotopic (exact) mass is 262 g/mol. The minimum atomic E-state index is -0.255. The molecule has 0 aromatic carbocycles. The van der Waals surface area contributed by atoms with Gasteiger partial charge in [0.2, 0.25) is 0 Å². The Morgan fingerprint density at radius 1 is 1.44 bits per heavy atom. The zero-order valence-electron chi connectivity index (χ0n) is 10.5. The van der Waals surface area contributed by atoms with Crippen LogP contribution in [0.1, 0.15) is 32.3 Å². The van der Waals surface area contributed by atoms with Gasteiger partial charge in [0.05, 0.1) is 11.8 Å². The second-order valence-corrected chi connectivity index (χ2v) is 4.94. The van der Waals surface area contributed by atoms with Gasteiger partial charge in [-0.15, -0.1) is 11.3 Å². The summed E-state index contributed by atoms with van der Waals surface area (Å²) in [6, 6.07) is 3.72. The molecule has 2 heterocycles. The standard InChI is InChI=1S/C13H14N2O2S/c1-8-4-5-18-12(8)7-14-15-13(16)11-6-9(2)17-10(11)3/h4-7H,1-3H3,(H,15,16)/b14-7+. The molecule has 1 amide bonds. The summed E-state index contributed by atoms with van der Waals surface area (Å²) in [5, 5.41) is 5.93.